The Morgan fingerprint density at radius 1 is 1.36 bits per heavy atom. The van der Waals surface area contributed by atoms with Crippen LogP contribution in [0.4, 0.5) is 5.82 Å². The van der Waals surface area contributed by atoms with Crippen molar-refractivity contribution in [3.8, 4) is 11.8 Å². The number of nitrogens with zero attached hydrogens (tertiary/aromatic N) is 3. The molecule has 1 aliphatic heterocycles. The molecule has 0 aliphatic carbocycles. The van der Waals surface area contributed by atoms with E-state index >= 15 is 0 Å². The smallest absolute Gasteiger partial charge is 0.165 e. The van der Waals surface area contributed by atoms with E-state index in [1.54, 1.807) is 10.6 Å². The number of aromatic nitrogens is 3. The van der Waals surface area contributed by atoms with Crippen molar-refractivity contribution in [3.63, 3.8) is 0 Å². The molecule has 2 aromatic heterocycles. The maximum atomic E-state index is 10.5. The van der Waals surface area contributed by atoms with Crippen LogP contribution in [0.15, 0.2) is 12.4 Å². The lowest BCUT2D eigenvalue weighted by molar-refractivity contribution is -0.0638. The van der Waals surface area contributed by atoms with Gasteiger partial charge in [0.05, 0.1) is 17.7 Å². The van der Waals surface area contributed by atoms with Gasteiger partial charge in [-0.1, -0.05) is 5.92 Å². The number of rotatable bonds is 4. The van der Waals surface area contributed by atoms with Crippen LogP contribution in [-0.4, -0.2) is 68.0 Å². The number of nitrogen functional groups attached to an aromatic ring is 1. The molecule has 0 spiro atoms. The first-order chi connectivity index (χ1) is 12.1. The number of nitrogens with two attached hydrogens (primary N) is 1. The van der Waals surface area contributed by atoms with Gasteiger partial charge < -0.3 is 30.5 Å². The Labute approximate surface area is 144 Å². The lowest BCUT2D eigenvalue weighted by Crippen LogP contribution is -2.34. The summed E-state index contributed by atoms with van der Waals surface area (Å²) >= 11 is 0. The lowest BCUT2D eigenvalue weighted by Gasteiger charge is -2.18. The van der Waals surface area contributed by atoms with Gasteiger partial charge >= 0.3 is 0 Å². The fourth-order valence-electron chi connectivity index (χ4n) is 2.85. The monoisotopic (exact) mass is 348 g/mol. The number of hydrogen-bond acceptors (Lipinski definition) is 8. The fourth-order valence-corrected chi connectivity index (χ4v) is 2.85. The number of hydrogen-bond donors (Lipinski definition) is 4. The van der Waals surface area contributed by atoms with Crippen LogP contribution in [-0.2, 0) is 9.47 Å². The van der Waals surface area contributed by atoms with Gasteiger partial charge in [-0.2, -0.15) is 0 Å². The second kappa shape index (κ2) is 7.35. The van der Waals surface area contributed by atoms with Crippen LogP contribution in [0.5, 0.6) is 0 Å². The molecule has 9 heteroatoms. The van der Waals surface area contributed by atoms with Crippen molar-refractivity contribution in [1.29, 1.82) is 0 Å². The summed E-state index contributed by atoms with van der Waals surface area (Å²) in [6.45, 7) is 2.12. The molecule has 0 radical (unpaired) electrons. The van der Waals surface area contributed by atoms with E-state index in [1.807, 2.05) is 6.92 Å². The van der Waals surface area contributed by atoms with E-state index in [4.69, 9.17) is 20.3 Å². The number of anilines is 1. The van der Waals surface area contributed by atoms with Gasteiger partial charge in [0.15, 0.2) is 6.23 Å². The molecule has 25 heavy (non-hydrogen) atoms. The third kappa shape index (κ3) is 3.18. The molecule has 4 unspecified atom stereocenters. The van der Waals surface area contributed by atoms with Crippen molar-refractivity contribution >= 4 is 16.9 Å². The minimum absolute atomic E-state index is 0.152. The molecule has 0 saturated carbocycles. The van der Waals surface area contributed by atoms with Gasteiger partial charge in [0.25, 0.3) is 0 Å². The molecule has 0 bridgehead atoms. The molecule has 0 aromatic carbocycles. The van der Waals surface area contributed by atoms with Crippen LogP contribution in [0.3, 0.4) is 0 Å². The molecule has 3 rings (SSSR count). The molecule has 9 nitrogen and oxygen atoms in total. The van der Waals surface area contributed by atoms with Crippen molar-refractivity contribution in [2.45, 2.75) is 31.5 Å². The zero-order chi connectivity index (χ0) is 18.0. The molecule has 1 saturated heterocycles. The first-order valence-electron chi connectivity index (χ1n) is 7.89. The minimum Gasteiger partial charge on any atom is -0.387 e. The maximum Gasteiger partial charge on any atom is 0.165 e. The molecular formula is C16H20N4O5. The number of aliphatic hydroxyl groups is 3. The average Bonchev–Trinajstić information content (AvgIpc) is 3.11. The predicted molar refractivity (Wildman–Crippen MR) is 88.3 cm³/mol. The Bertz CT molecular complexity index is 812. The topological polar surface area (TPSA) is 136 Å². The molecule has 5 N–H and O–H groups in total. The number of fused-ring (bicyclic) bond motifs is 1. The molecule has 4 atom stereocenters. The van der Waals surface area contributed by atoms with Gasteiger partial charge in [-0.25, -0.2) is 9.97 Å². The van der Waals surface area contributed by atoms with Crippen LogP contribution in [0, 0.1) is 11.8 Å². The van der Waals surface area contributed by atoms with E-state index in [0.29, 0.717) is 23.3 Å². The van der Waals surface area contributed by atoms with Crippen LogP contribution in [0.2, 0.25) is 0 Å². The van der Waals surface area contributed by atoms with E-state index in [1.165, 1.54) is 6.33 Å². The molecule has 0 amide bonds. The van der Waals surface area contributed by atoms with Gasteiger partial charge in [-0.15, -0.1) is 0 Å². The molecule has 3 heterocycles. The molecular weight excluding hydrogens is 328 g/mol. The van der Waals surface area contributed by atoms with Gasteiger partial charge in [0.1, 0.15) is 42.7 Å². The molecule has 2 aromatic rings. The highest BCUT2D eigenvalue weighted by Crippen LogP contribution is 2.34. The Morgan fingerprint density at radius 2 is 2.16 bits per heavy atom. The minimum atomic E-state index is -1.20. The van der Waals surface area contributed by atoms with E-state index < -0.39 is 24.5 Å². The fraction of sp³-hybridized carbons (Fsp3) is 0.500. The quantitative estimate of drug-likeness (QED) is 0.517. The summed E-state index contributed by atoms with van der Waals surface area (Å²) in [5.41, 5.74) is 6.74. The van der Waals surface area contributed by atoms with Crippen LogP contribution in [0.25, 0.3) is 11.0 Å². The third-order valence-corrected chi connectivity index (χ3v) is 4.04. The summed E-state index contributed by atoms with van der Waals surface area (Å²) in [4.78, 5) is 8.14. The summed E-state index contributed by atoms with van der Waals surface area (Å²) in [7, 11) is 0. The van der Waals surface area contributed by atoms with E-state index in [-0.39, 0.29) is 19.0 Å². The summed E-state index contributed by atoms with van der Waals surface area (Å²) in [5, 5.41) is 30.2. The Hall–Kier alpha value is -2.22. The van der Waals surface area contributed by atoms with Gasteiger partial charge in [0.2, 0.25) is 0 Å². The predicted octanol–water partition coefficient (Wildman–Crippen LogP) is -0.987. The van der Waals surface area contributed by atoms with Crippen LogP contribution < -0.4 is 5.73 Å². The van der Waals surface area contributed by atoms with Gasteiger partial charge in [-0.05, 0) is 18.9 Å². The molecule has 1 fully saturated rings. The van der Waals surface area contributed by atoms with Crippen molar-refractivity contribution in [3.05, 3.63) is 18.1 Å². The third-order valence-electron chi connectivity index (χ3n) is 4.04. The summed E-state index contributed by atoms with van der Waals surface area (Å²) in [6, 6.07) is 1.66. The number of ether oxygens (including phenoxy) is 2. The first kappa shape index (κ1) is 17.6. The Kier molecular flexibility index (Phi) is 5.17. The average molecular weight is 348 g/mol. The summed E-state index contributed by atoms with van der Waals surface area (Å²) in [6.07, 6.45) is -2.63. The van der Waals surface area contributed by atoms with Crippen molar-refractivity contribution < 1.29 is 24.8 Å². The Morgan fingerprint density at radius 3 is 2.88 bits per heavy atom. The highest BCUT2D eigenvalue weighted by Gasteiger charge is 2.44. The standard InChI is InChI=1S/C16H20N4O5/c1-2-24-7-11-12(22)13(23)16(25-11)20-9(4-3-5-21)6-10-14(17)18-8-19-15(10)20/h6,8,11-13,16,21-23H,2,5,7H2,1H3,(H2,17,18,19). The SMILES string of the molecule is CCOCC1OC(n2c(C#CCO)cc3c(N)ncnc32)C(O)C1O. The number of aliphatic hydroxyl groups excluding tert-OH is 3. The van der Waals surface area contributed by atoms with E-state index in [9.17, 15) is 10.2 Å². The maximum absolute atomic E-state index is 10.5. The van der Waals surface area contributed by atoms with Crippen molar-refractivity contribution in [1.82, 2.24) is 14.5 Å². The molecule has 134 valence electrons. The van der Waals surface area contributed by atoms with Crippen LogP contribution >= 0.6 is 0 Å². The van der Waals surface area contributed by atoms with E-state index in [0.717, 1.165) is 0 Å². The zero-order valence-electron chi connectivity index (χ0n) is 13.7. The largest absolute Gasteiger partial charge is 0.387 e. The second-order valence-electron chi connectivity index (χ2n) is 5.56. The van der Waals surface area contributed by atoms with Crippen molar-refractivity contribution in [2.75, 3.05) is 25.6 Å². The highest BCUT2D eigenvalue weighted by atomic mass is 16.6. The summed E-state index contributed by atoms with van der Waals surface area (Å²) < 4.78 is 12.7. The summed E-state index contributed by atoms with van der Waals surface area (Å²) in [5.74, 6) is 5.60. The Balaban J connectivity index is 2.06. The highest BCUT2D eigenvalue weighted by molar-refractivity contribution is 5.88. The normalized spacial score (nSPS) is 25.9. The van der Waals surface area contributed by atoms with Gasteiger partial charge in [0, 0.05) is 6.61 Å². The first-order valence-corrected chi connectivity index (χ1v) is 7.89. The van der Waals surface area contributed by atoms with Crippen molar-refractivity contribution in [2.24, 2.45) is 0 Å². The molecule has 1 aliphatic rings. The lowest BCUT2D eigenvalue weighted by atomic mass is 10.1. The van der Waals surface area contributed by atoms with E-state index in [2.05, 4.69) is 21.8 Å². The zero-order valence-corrected chi connectivity index (χ0v) is 13.7. The van der Waals surface area contributed by atoms with Crippen LogP contribution in [0.1, 0.15) is 18.8 Å². The van der Waals surface area contributed by atoms with Gasteiger partial charge in [-0.3, -0.25) is 4.57 Å². The second-order valence-corrected chi connectivity index (χ2v) is 5.56.